The predicted octanol–water partition coefficient (Wildman–Crippen LogP) is 7.99. The average Bonchev–Trinajstić information content (AvgIpc) is 3.43. The maximum absolute atomic E-state index is 15.6. The standard InChI is InChI=1S/C37H28F2N4O3.ClH/c38-37(39)19-23-43(33-14-7-6-13-31(33)32(37)25-34(44)42-22-8-20-40-21-24-42)36(46)27-15-17-28(18-16-27)41-35(45)30-12-5-4-11-29(30)26-9-2-1-3-10-26;/h1-18,20-22,24-25H,19,23H2,(H,41,45);1H. The number of anilines is 2. The number of halogens is 3. The lowest BCUT2D eigenvalue weighted by Crippen LogP contribution is -2.33. The molecule has 1 N–H and O–H groups in total. The van der Waals surface area contributed by atoms with Crippen molar-refractivity contribution in [3.63, 3.8) is 0 Å². The molecule has 0 spiro atoms. The number of aliphatic imine (C=N–C) groups is 1. The van der Waals surface area contributed by atoms with E-state index < -0.39 is 29.7 Å². The van der Waals surface area contributed by atoms with Crippen LogP contribution in [0.3, 0.4) is 0 Å². The number of hydrogen-bond donors (Lipinski definition) is 1. The largest absolute Gasteiger partial charge is 0.322 e. The van der Waals surface area contributed by atoms with Crippen molar-refractivity contribution in [1.82, 2.24) is 4.90 Å². The topological polar surface area (TPSA) is 82.1 Å². The van der Waals surface area contributed by atoms with Gasteiger partial charge in [0.2, 0.25) is 0 Å². The molecule has 236 valence electrons. The summed E-state index contributed by atoms with van der Waals surface area (Å²) in [5.74, 6) is -4.86. The van der Waals surface area contributed by atoms with Gasteiger partial charge in [-0.05, 0) is 53.6 Å². The first-order chi connectivity index (χ1) is 22.3. The number of carbonyl (C=O) groups is 3. The molecule has 10 heteroatoms. The molecule has 4 aromatic rings. The van der Waals surface area contributed by atoms with Gasteiger partial charge in [-0.15, -0.1) is 12.4 Å². The van der Waals surface area contributed by atoms with E-state index in [0.717, 1.165) is 22.1 Å². The monoisotopic (exact) mass is 650 g/mol. The highest BCUT2D eigenvalue weighted by Crippen LogP contribution is 2.43. The van der Waals surface area contributed by atoms with Crippen LogP contribution in [0.5, 0.6) is 0 Å². The summed E-state index contributed by atoms with van der Waals surface area (Å²) >= 11 is 0. The van der Waals surface area contributed by atoms with E-state index in [-0.39, 0.29) is 41.7 Å². The van der Waals surface area contributed by atoms with Gasteiger partial charge in [0.25, 0.3) is 23.6 Å². The molecule has 2 aliphatic heterocycles. The van der Waals surface area contributed by atoms with Crippen molar-refractivity contribution in [3.05, 3.63) is 151 Å². The predicted molar refractivity (Wildman–Crippen MR) is 183 cm³/mol. The highest BCUT2D eigenvalue weighted by Gasteiger charge is 2.41. The van der Waals surface area contributed by atoms with Crippen LogP contribution >= 0.6 is 12.4 Å². The molecule has 0 radical (unpaired) electrons. The first-order valence-corrected chi connectivity index (χ1v) is 14.6. The number of alkyl halides is 2. The maximum atomic E-state index is 15.6. The van der Waals surface area contributed by atoms with Gasteiger partial charge in [-0.25, -0.2) is 8.78 Å². The van der Waals surface area contributed by atoms with Crippen LogP contribution < -0.4 is 10.2 Å². The number of fused-ring (bicyclic) bond motifs is 1. The Hall–Kier alpha value is -5.67. The second-order valence-corrected chi connectivity index (χ2v) is 10.6. The van der Waals surface area contributed by atoms with Crippen LogP contribution in [0.15, 0.2) is 139 Å². The third kappa shape index (κ3) is 7.10. The number of para-hydroxylation sites is 1. The first kappa shape index (κ1) is 32.7. The molecular weight excluding hydrogens is 622 g/mol. The van der Waals surface area contributed by atoms with Crippen molar-refractivity contribution < 1.29 is 23.2 Å². The summed E-state index contributed by atoms with van der Waals surface area (Å²) in [4.78, 5) is 46.4. The molecule has 3 amide bonds. The molecule has 0 bridgehead atoms. The zero-order valence-electron chi connectivity index (χ0n) is 24.9. The first-order valence-electron chi connectivity index (χ1n) is 14.6. The summed E-state index contributed by atoms with van der Waals surface area (Å²) in [7, 11) is 0. The van der Waals surface area contributed by atoms with Gasteiger partial charge in [-0.2, -0.15) is 0 Å². The quantitative estimate of drug-likeness (QED) is 0.222. The number of nitrogens with zero attached hydrogens (tertiary/aromatic N) is 3. The fourth-order valence-corrected chi connectivity index (χ4v) is 5.37. The Balaban J connectivity index is 0.00000433. The zero-order chi connectivity index (χ0) is 32.1. The van der Waals surface area contributed by atoms with Crippen LogP contribution in [-0.2, 0) is 4.79 Å². The Morgan fingerprint density at radius 2 is 1.49 bits per heavy atom. The highest BCUT2D eigenvalue weighted by atomic mass is 35.5. The molecule has 0 aliphatic carbocycles. The summed E-state index contributed by atoms with van der Waals surface area (Å²) in [5, 5.41) is 2.88. The van der Waals surface area contributed by atoms with E-state index in [0.29, 0.717) is 11.3 Å². The molecule has 0 saturated heterocycles. The van der Waals surface area contributed by atoms with E-state index >= 15 is 8.78 Å². The minimum atomic E-state index is -3.39. The number of hydrogen-bond acceptors (Lipinski definition) is 4. The minimum Gasteiger partial charge on any atom is -0.322 e. The van der Waals surface area contributed by atoms with E-state index in [2.05, 4.69) is 10.3 Å². The third-order valence-corrected chi connectivity index (χ3v) is 7.67. The molecule has 0 saturated carbocycles. The number of carbonyl (C=O) groups excluding carboxylic acids is 3. The van der Waals surface area contributed by atoms with Crippen LogP contribution in [0.4, 0.5) is 20.2 Å². The molecule has 0 unspecified atom stereocenters. The molecule has 0 fully saturated rings. The Bertz CT molecular complexity index is 1910. The molecule has 4 aromatic carbocycles. The van der Waals surface area contributed by atoms with Gasteiger partial charge in [0.1, 0.15) is 0 Å². The molecule has 0 aromatic heterocycles. The van der Waals surface area contributed by atoms with Gasteiger partial charge in [0.05, 0.1) is 5.69 Å². The summed E-state index contributed by atoms with van der Waals surface area (Å²) in [6.45, 7) is -0.277. The molecule has 2 aliphatic rings. The van der Waals surface area contributed by atoms with Gasteiger partial charge >= 0.3 is 0 Å². The number of benzene rings is 4. The van der Waals surface area contributed by atoms with E-state index in [1.807, 2.05) is 42.5 Å². The minimum absolute atomic E-state index is 0. The lowest BCUT2D eigenvalue weighted by atomic mass is 9.97. The molecule has 7 nitrogen and oxygen atoms in total. The second-order valence-electron chi connectivity index (χ2n) is 10.6. The van der Waals surface area contributed by atoms with Crippen molar-refractivity contribution in [2.24, 2.45) is 4.99 Å². The van der Waals surface area contributed by atoms with E-state index in [1.54, 1.807) is 54.6 Å². The molecular formula is C37H29ClF2N4O3. The lowest BCUT2D eigenvalue weighted by molar-refractivity contribution is -0.121. The smallest absolute Gasteiger partial charge is 0.275 e. The average molecular weight is 651 g/mol. The van der Waals surface area contributed by atoms with Crippen molar-refractivity contribution >= 4 is 53.3 Å². The summed E-state index contributed by atoms with van der Waals surface area (Å²) in [6, 6.07) is 29.5. The van der Waals surface area contributed by atoms with Gasteiger partial charge in [-0.3, -0.25) is 24.3 Å². The molecule has 47 heavy (non-hydrogen) atoms. The Labute approximate surface area is 276 Å². The van der Waals surface area contributed by atoms with Crippen LogP contribution in [-0.4, -0.2) is 41.3 Å². The number of allylic oxidation sites excluding steroid dienone is 2. The fourth-order valence-electron chi connectivity index (χ4n) is 5.37. The van der Waals surface area contributed by atoms with Crippen LogP contribution in [0.2, 0.25) is 0 Å². The van der Waals surface area contributed by atoms with Crippen molar-refractivity contribution in [3.8, 4) is 11.1 Å². The summed E-state index contributed by atoms with van der Waals surface area (Å²) < 4.78 is 31.3. The van der Waals surface area contributed by atoms with Crippen LogP contribution in [0, 0.1) is 0 Å². The SMILES string of the molecule is Cl.O=C(Nc1ccc(C(=O)N2CCC(F)(F)C(=CC(=O)N3C=CC=NC=C3)c3ccccc32)cc1)c1ccccc1-c1ccccc1. The van der Waals surface area contributed by atoms with E-state index in [4.69, 9.17) is 0 Å². The maximum Gasteiger partial charge on any atom is 0.275 e. The lowest BCUT2D eigenvalue weighted by Gasteiger charge is -2.23. The Morgan fingerprint density at radius 1 is 0.809 bits per heavy atom. The fraction of sp³-hybridized carbons (Fsp3) is 0.0811. The zero-order valence-corrected chi connectivity index (χ0v) is 25.7. The molecule has 2 heterocycles. The van der Waals surface area contributed by atoms with Gasteiger partial charge in [0.15, 0.2) is 0 Å². The Kier molecular flexibility index (Phi) is 9.87. The van der Waals surface area contributed by atoms with Crippen molar-refractivity contribution in [1.29, 1.82) is 0 Å². The van der Waals surface area contributed by atoms with E-state index in [1.165, 1.54) is 41.9 Å². The molecule has 0 atom stereocenters. The van der Waals surface area contributed by atoms with E-state index in [9.17, 15) is 14.4 Å². The molecule has 6 rings (SSSR count). The number of rotatable bonds is 5. The van der Waals surface area contributed by atoms with Gasteiger partial charge in [-0.1, -0.05) is 66.7 Å². The Morgan fingerprint density at radius 3 is 2.26 bits per heavy atom. The number of nitrogens with one attached hydrogen (secondary N) is 1. The van der Waals surface area contributed by atoms with Gasteiger partial charge < -0.3 is 10.2 Å². The van der Waals surface area contributed by atoms with Crippen molar-refractivity contribution in [2.45, 2.75) is 12.3 Å². The number of amides is 3. The summed E-state index contributed by atoms with van der Waals surface area (Å²) in [5.41, 5.74) is 2.80. The second kappa shape index (κ2) is 14.2. The summed E-state index contributed by atoms with van der Waals surface area (Å²) in [6.07, 6.45) is 7.42. The van der Waals surface area contributed by atoms with Crippen molar-refractivity contribution in [2.75, 3.05) is 16.8 Å². The van der Waals surface area contributed by atoms with Crippen LogP contribution in [0.25, 0.3) is 16.7 Å². The van der Waals surface area contributed by atoms with Crippen LogP contribution in [0.1, 0.15) is 32.7 Å². The third-order valence-electron chi connectivity index (χ3n) is 7.67. The van der Waals surface area contributed by atoms with Gasteiger partial charge in [0, 0.05) is 71.8 Å². The highest BCUT2D eigenvalue weighted by molar-refractivity contribution is 6.11. The normalized spacial score (nSPS) is 15.7.